The summed E-state index contributed by atoms with van der Waals surface area (Å²) in [5.41, 5.74) is 6.30. The number of aryl methyl sites for hydroxylation is 2. The monoisotopic (exact) mass is 210 g/mol. The van der Waals surface area contributed by atoms with Crippen molar-refractivity contribution >= 4 is 5.91 Å². The molecule has 4 nitrogen and oxygen atoms in total. The van der Waals surface area contributed by atoms with Crippen LogP contribution in [0.2, 0.25) is 0 Å². The molecule has 0 aromatic carbocycles. The molecule has 1 amide bonds. The van der Waals surface area contributed by atoms with Gasteiger partial charge in [-0.25, -0.2) is 0 Å². The lowest BCUT2D eigenvalue weighted by molar-refractivity contribution is 0.0949. The third-order valence-electron chi connectivity index (χ3n) is 2.33. The molecule has 1 atom stereocenters. The fourth-order valence-corrected chi connectivity index (χ4v) is 1.32. The molecule has 0 aliphatic carbocycles. The summed E-state index contributed by atoms with van der Waals surface area (Å²) in [4.78, 5) is 11.7. The van der Waals surface area contributed by atoms with Gasteiger partial charge in [0.15, 0.2) is 0 Å². The zero-order chi connectivity index (χ0) is 11.4. The van der Waals surface area contributed by atoms with Crippen LogP contribution in [0.3, 0.4) is 0 Å². The summed E-state index contributed by atoms with van der Waals surface area (Å²) >= 11 is 0. The molecule has 4 heteroatoms. The molecule has 0 saturated heterocycles. The Kier molecular flexibility index (Phi) is 3.91. The maximum absolute atomic E-state index is 11.7. The van der Waals surface area contributed by atoms with Crippen molar-refractivity contribution in [2.45, 2.75) is 33.2 Å². The first-order valence-corrected chi connectivity index (χ1v) is 5.15. The molecule has 3 N–H and O–H groups in total. The average molecular weight is 210 g/mol. The van der Waals surface area contributed by atoms with E-state index in [1.165, 1.54) is 0 Å². The number of hydrogen-bond donors (Lipinski definition) is 2. The van der Waals surface area contributed by atoms with Crippen LogP contribution in [-0.2, 0) is 0 Å². The first kappa shape index (κ1) is 11.8. The van der Waals surface area contributed by atoms with Gasteiger partial charge in [-0.1, -0.05) is 6.92 Å². The molecule has 0 saturated carbocycles. The number of rotatable bonds is 4. The SMILES string of the molecule is CCC(N)CNC(=O)c1cc(C)oc1C. The van der Waals surface area contributed by atoms with E-state index < -0.39 is 0 Å². The van der Waals surface area contributed by atoms with Gasteiger partial charge in [0.25, 0.3) is 5.91 Å². The van der Waals surface area contributed by atoms with Crippen molar-refractivity contribution in [2.75, 3.05) is 6.54 Å². The van der Waals surface area contributed by atoms with Crippen LogP contribution in [0.5, 0.6) is 0 Å². The van der Waals surface area contributed by atoms with Crippen LogP contribution < -0.4 is 11.1 Å². The Morgan fingerprint density at radius 3 is 2.73 bits per heavy atom. The predicted octanol–water partition coefficient (Wildman–Crippen LogP) is 1.36. The van der Waals surface area contributed by atoms with E-state index in [4.69, 9.17) is 10.2 Å². The van der Waals surface area contributed by atoms with Crippen molar-refractivity contribution in [1.82, 2.24) is 5.32 Å². The lowest BCUT2D eigenvalue weighted by Gasteiger charge is -2.09. The van der Waals surface area contributed by atoms with Crippen molar-refractivity contribution < 1.29 is 9.21 Å². The van der Waals surface area contributed by atoms with E-state index in [-0.39, 0.29) is 11.9 Å². The van der Waals surface area contributed by atoms with Gasteiger partial charge in [0, 0.05) is 12.6 Å². The fourth-order valence-electron chi connectivity index (χ4n) is 1.32. The van der Waals surface area contributed by atoms with Crippen molar-refractivity contribution in [3.05, 3.63) is 23.2 Å². The number of hydrogen-bond acceptors (Lipinski definition) is 3. The Balaban J connectivity index is 2.58. The molecule has 0 aliphatic rings. The van der Waals surface area contributed by atoms with E-state index in [1.54, 1.807) is 13.0 Å². The van der Waals surface area contributed by atoms with Crippen molar-refractivity contribution in [3.8, 4) is 0 Å². The van der Waals surface area contributed by atoms with Gasteiger partial charge in [-0.2, -0.15) is 0 Å². The number of amides is 1. The maximum Gasteiger partial charge on any atom is 0.254 e. The van der Waals surface area contributed by atoms with Crippen LogP contribution in [0.1, 0.15) is 35.2 Å². The summed E-state index contributed by atoms with van der Waals surface area (Å²) in [6, 6.07) is 1.75. The van der Waals surface area contributed by atoms with Crippen molar-refractivity contribution in [3.63, 3.8) is 0 Å². The second kappa shape index (κ2) is 4.98. The van der Waals surface area contributed by atoms with E-state index in [9.17, 15) is 4.79 Å². The largest absolute Gasteiger partial charge is 0.466 e. The minimum atomic E-state index is -0.117. The van der Waals surface area contributed by atoms with Gasteiger partial charge in [-0.15, -0.1) is 0 Å². The van der Waals surface area contributed by atoms with Crippen molar-refractivity contribution in [2.24, 2.45) is 5.73 Å². The molecule has 84 valence electrons. The normalized spacial score (nSPS) is 12.5. The standard InChI is InChI=1S/C11H18N2O2/c1-4-9(12)6-13-11(14)10-5-7(2)15-8(10)3/h5,9H,4,6,12H2,1-3H3,(H,13,14). The van der Waals surface area contributed by atoms with Gasteiger partial charge in [0.2, 0.25) is 0 Å². The molecule has 1 aromatic rings. The second-order valence-electron chi connectivity index (χ2n) is 3.71. The molecule has 15 heavy (non-hydrogen) atoms. The zero-order valence-electron chi connectivity index (χ0n) is 9.46. The smallest absolute Gasteiger partial charge is 0.254 e. The Morgan fingerprint density at radius 2 is 2.27 bits per heavy atom. The van der Waals surface area contributed by atoms with E-state index >= 15 is 0 Å². The highest BCUT2D eigenvalue weighted by atomic mass is 16.3. The second-order valence-corrected chi connectivity index (χ2v) is 3.71. The number of nitrogens with two attached hydrogens (primary N) is 1. The van der Waals surface area contributed by atoms with Crippen LogP contribution in [-0.4, -0.2) is 18.5 Å². The molecular formula is C11H18N2O2. The quantitative estimate of drug-likeness (QED) is 0.788. The minimum absolute atomic E-state index is 0.0160. The number of nitrogens with one attached hydrogen (secondary N) is 1. The summed E-state index contributed by atoms with van der Waals surface area (Å²) in [7, 11) is 0. The number of carbonyl (C=O) groups is 1. The van der Waals surface area contributed by atoms with Crippen LogP contribution >= 0.6 is 0 Å². The number of carbonyl (C=O) groups excluding carboxylic acids is 1. The van der Waals surface area contributed by atoms with Gasteiger partial charge >= 0.3 is 0 Å². The third kappa shape index (κ3) is 3.09. The number of furan rings is 1. The molecule has 1 rings (SSSR count). The van der Waals surface area contributed by atoms with Gasteiger partial charge in [0.05, 0.1) is 5.56 Å². The minimum Gasteiger partial charge on any atom is -0.466 e. The zero-order valence-corrected chi connectivity index (χ0v) is 9.46. The maximum atomic E-state index is 11.7. The molecule has 0 spiro atoms. The fraction of sp³-hybridized carbons (Fsp3) is 0.545. The molecule has 0 aliphatic heterocycles. The molecule has 1 aromatic heterocycles. The summed E-state index contributed by atoms with van der Waals surface area (Å²) in [5.74, 6) is 1.28. The topological polar surface area (TPSA) is 68.3 Å². The molecule has 0 bridgehead atoms. The Bertz CT molecular complexity index is 344. The van der Waals surface area contributed by atoms with Gasteiger partial charge in [-0.05, 0) is 26.3 Å². The first-order chi connectivity index (χ1) is 7.04. The van der Waals surface area contributed by atoms with E-state index in [2.05, 4.69) is 5.32 Å². The lowest BCUT2D eigenvalue weighted by atomic mass is 10.2. The molecule has 0 radical (unpaired) electrons. The molecule has 0 fully saturated rings. The van der Waals surface area contributed by atoms with Crippen molar-refractivity contribution in [1.29, 1.82) is 0 Å². The van der Waals surface area contributed by atoms with Crippen LogP contribution in [0, 0.1) is 13.8 Å². The van der Waals surface area contributed by atoms with Crippen LogP contribution in [0.15, 0.2) is 10.5 Å². The highest BCUT2D eigenvalue weighted by Crippen LogP contribution is 2.13. The summed E-state index contributed by atoms with van der Waals surface area (Å²) in [6.45, 7) is 6.09. The molecule has 1 unspecified atom stereocenters. The van der Waals surface area contributed by atoms with E-state index in [0.29, 0.717) is 17.9 Å². The summed E-state index contributed by atoms with van der Waals surface area (Å²) in [6.07, 6.45) is 0.851. The first-order valence-electron chi connectivity index (χ1n) is 5.15. The highest BCUT2D eigenvalue weighted by molar-refractivity contribution is 5.95. The van der Waals surface area contributed by atoms with E-state index in [0.717, 1.165) is 12.2 Å². The summed E-state index contributed by atoms with van der Waals surface area (Å²) < 4.78 is 5.28. The lowest BCUT2D eigenvalue weighted by Crippen LogP contribution is -2.36. The predicted molar refractivity (Wildman–Crippen MR) is 58.8 cm³/mol. The van der Waals surface area contributed by atoms with Gasteiger partial charge < -0.3 is 15.5 Å². The Hall–Kier alpha value is -1.29. The highest BCUT2D eigenvalue weighted by Gasteiger charge is 2.13. The third-order valence-corrected chi connectivity index (χ3v) is 2.33. The van der Waals surface area contributed by atoms with Gasteiger partial charge in [0.1, 0.15) is 11.5 Å². The molecular weight excluding hydrogens is 192 g/mol. The van der Waals surface area contributed by atoms with E-state index in [1.807, 2.05) is 13.8 Å². The average Bonchev–Trinajstić information content (AvgIpc) is 2.53. The molecule has 1 heterocycles. The Labute approximate surface area is 89.8 Å². The van der Waals surface area contributed by atoms with Gasteiger partial charge in [-0.3, -0.25) is 4.79 Å². The van der Waals surface area contributed by atoms with Crippen LogP contribution in [0.25, 0.3) is 0 Å². The Morgan fingerprint density at radius 1 is 1.60 bits per heavy atom. The summed E-state index contributed by atoms with van der Waals surface area (Å²) in [5, 5.41) is 2.78. The van der Waals surface area contributed by atoms with Crippen LogP contribution in [0.4, 0.5) is 0 Å².